The molecule has 2 rings (SSSR count). The second-order valence-corrected chi connectivity index (χ2v) is 3.54. The molecule has 1 heterocycles. The van der Waals surface area contributed by atoms with Gasteiger partial charge in [0.05, 0.1) is 0 Å². The quantitative estimate of drug-likeness (QED) is 0.784. The third-order valence-corrected chi connectivity index (χ3v) is 2.59. The summed E-state index contributed by atoms with van der Waals surface area (Å²) in [6.45, 7) is 4.97. The van der Waals surface area contributed by atoms with E-state index in [-0.39, 0.29) is 5.56 Å². The van der Waals surface area contributed by atoms with Crippen LogP contribution in [0.1, 0.15) is 12.5 Å². The van der Waals surface area contributed by atoms with E-state index >= 15 is 0 Å². The normalized spacial score (nSPS) is 10.5. The number of H-pyrrole nitrogens is 1. The molecule has 3 heteroatoms. The monoisotopic (exact) mass is 202 g/mol. The molecule has 1 aromatic carbocycles. The van der Waals surface area contributed by atoms with E-state index in [0.717, 1.165) is 28.6 Å². The molecule has 0 saturated carbocycles. The lowest BCUT2D eigenvalue weighted by Crippen LogP contribution is -2.06. The second kappa shape index (κ2) is 3.77. The minimum Gasteiger partial charge on any atom is -0.385 e. The Balaban J connectivity index is 2.74. The summed E-state index contributed by atoms with van der Waals surface area (Å²) in [5.74, 6) is 0. The fourth-order valence-corrected chi connectivity index (χ4v) is 1.80. The highest BCUT2D eigenvalue weighted by molar-refractivity contribution is 5.88. The zero-order valence-corrected chi connectivity index (χ0v) is 8.92. The highest BCUT2D eigenvalue weighted by atomic mass is 16.1. The largest absolute Gasteiger partial charge is 0.385 e. The molecule has 0 aliphatic carbocycles. The molecule has 3 nitrogen and oxygen atoms in total. The molecule has 1 aromatic heterocycles. The van der Waals surface area contributed by atoms with Crippen molar-refractivity contribution in [2.24, 2.45) is 0 Å². The molecular formula is C12H14N2O. The molecule has 0 spiro atoms. The van der Waals surface area contributed by atoms with Crippen LogP contribution < -0.4 is 10.9 Å². The number of aromatic nitrogens is 1. The summed E-state index contributed by atoms with van der Waals surface area (Å²) in [6.07, 6.45) is 1.69. The van der Waals surface area contributed by atoms with Crippen LogP contribution in [-0.4, -0.2) is 11.5 Å². The smallest absolute Gasteiger partial charge is 0.255 e. The van der Waals surface area contributed by atoms with Gasteiger partial charge >= 0.3 is 0 Å². The molecule has 2 N–H and O–H groups in total. The maximum atomic E-state index is 11.5. The number of rotatable bonds is 2. The molecule has 0 atom stereocenters. The van der Waals surface area contributed by atoms with Gasteiger partial charge in [-0.25, -0.2) is 0 Å². The van der Waals surface area contributed by atoms with Crippen molar-refractivity contribution in [2.75, 3.05) is 11.9 Å². The van der Waals surface area contributed by atoms with Crippen molar-refractivity contribution in [3.8, 4) is 0 Å². The van der Waals surface area contributed by atoms with E-state index in [1.54, 1.807) is 6.20 Å². The van der Waals surface area contributed by atoms with E-state index in [2.05, 4.69) is 17.2 Å². The molecule has 0 saturated heterocycles. The van der Waals surface area contributed by atoms with Gasteiger partial charge < -0.3 is 10.3 Å². The SMILES string of the molecule is CCNc1ccc2c(=O)[nH]ccc2c1C. The lowest BCUT2D eigenvalue weighted by Gasteiger charge is -2.09. The molecule has 15 heavy (non-hydrogen) atoms. The molecule has 0 radical (unpaired) electrons. The van der Waals surface area contributed by atoms with Gasteiger partial charge in [0.25, 0.3) is 5.56 Å². The predicted molar refractivity (Wildman–Crippen MR) is 63.5 cm³/mol. The van der Waals surface area contributed by atoms with Gasteiger partial charge in [-0.1, -0.05) is 0 Å². The van der Waals surface area contributed by atoms with Gasteiger partial charge in [0, 0.05) is 23.8 Å². The number of anilines is 1. The van der Waals surface area contributed by atoms with Crippen LogP contribution in [0.4, 0.5) is 5.69 Å². The maximum Gasteiger partial charge on any atom is 0.255 e. The van der Waals surface area contributed by atoms with Gasteiger partial charge in [0.15, 0.2) is 0 Å². The third-order valence-electron chi connectivity index (χ3n) is 2.59. The van der Waals surface area contributed by atoms with Crippen LogP contribution in [0.3, 0.4) is 0 Å². The first-order valence-electron chi connectivity index (χ1n) is 5.09. The van der Waals surface area contributed by atoms with Crippen LogP contribution in [-0.2, 0) is 0 Å². The Morgan fingerprint density at radius 3 is 2.80 bits per heavy atom. The first-order chi connectivity index (χ1) is 7.24. The Morgan fingerprint density at radius 1 is 1.27 bits per heavy atom. The zero-order valence-electron chi connectivity index (χ0n) is 8.92. The number of aromatic amines is 1. The Hall–Kier alpha value is -1.77. The average Bonchev–Trinajstić information content (AvgIpc) is 2.23. The Kier molecular flexibility index (Phi) is 2.46. The molecule has 0 unspecified atom stereocenters. The molecule has 78 valence electrons. The number of benzene rings is 1. The summed E-state index contributed by atoms with van der Waals surface area (Å²) >= 11 is 0. The molecule has 0 aliphatic rings. The molecule has 0 bridgehead atoms. The number of hydrogen-bond acceptors (Lipinski definition) is 2. The zero-order chi connectivity index (χ0) is 10.8. The topological polar surface area (TPSA) is 44.9 Å². The van der Waals surface area contributed by atoms with E-state index in [9.17, 15) is 4.79 Å². The fourth-order valence-electron chi connectivity index (χ4n) is 1.80. The summed E-state index contributed by atoms with van der Waals surface area (Å²) in [4.78, 5) is 14.2. The average molecular weight is 202 g/mol. The van der Waals surface area contributed by atoms with E-state index < -0.39 is 0 Å². The predicted octanol–water partition coefficient (Wildman–Crippen LogP) is 2.27. The van der Waals surface area contributed by atoms with Gasteiger partial charge in [-0.15, -0.1) is 0 Å². The van der Waals surface area contributed by atoms with Crippen LogP contribution >= 0.6 is 0 Å². The minimum absolute atomic E-state index is 0.0290. The second-order valence-electron chi connectivity index (χ2n) is 3.54. The molecule has 0 amide bonds. The van der Waals surface area contributed by atoms with Crippen LogP contribution in [0, 0.1) is 6.92 Å². The van der Waals surface area contributed by atoms with Gasteiger partial charge in [-0.2, -0.15) is 0 Å². The van der Waals surface area contributed by atoms with Gasteiger partial charge in [0.2, 0.25) is 0 Å². The molecule has 2 aromatic rings. The van der Waals surface area contributed by atoms with Gasteiger partial charge in [0.1, 0.15) is 0 Å². The third kappa shape index (κ3) is 1.61. The number of fused-ring (bicyclic) bond motifs is 1. The van der Waals surface area contributed by atoms with Gasteiger partial charge in [-0.3, -0.25) is 4.79 Å². The van der Waals surface area contributed by atoms with Crippen LogP contribution in [0.15, 0.2) is 29.2 Å². The lowest BCUT2D eigenvalue weighted by molar-refractivity contribution is 1.20. The van der Waals surface area contributed by atoms with E-state index in [4.69, 9.17) is 0 Å². The first kappa shape index (κ1) is 9.77. The summed E-state index contributed by atoms with van der Waals surface area (Å²) in [7, 11) is 0. The maximum absolute atomic E-state index is 11.5. The molecule has 0 fully saturated rings. The van der Waals surface area contributed by atoms with Crippen molar-refractivity contribution in [3.63, 3.8) is 0 Å². The number of nitrogens with one attached hydrogen (secondary N) is 2. The minimum atomic E-state index is -0.0290. The van der Waals surface area contributed by atoms with Crippen molar-refractivity contribution < 1.29 is 0 Å². The lowest BCUT2D eigenvalue weighted by atomic mass is 10.1. The van der Waals surface area contributed by atoms with Gasteiger partial charge in [-0.05, 0) is 43.0 Å². The Morgan fingerprint density at radius 2 is 2.07 bits per heavy atom. The van der Waals surface area contributed by atoms with E-state index in [1.165, 1.54) is 0 Å². The van der Waals surface area contributed by atoms with Crippen molar-refractivity contribution >= 4 is 16.5 Å². The molecule has 0 aliphatic heterocycles. The van der Waals surface area contributed by atoms with Crippen molar-refractivity contribution in [1.82, 2.24) is 4.98 Å². The van der Waals surface area contributed by atoms with E-state index in [0.29, 0.717) is 0 Å². The highest BCUT2D eigenvalue weighted by Gasteiger charge is 2.04. The summed E-state index contributed by atoms with van der Waals surface area (Å²) in [5.41, 5.74) is 2.19. The van der Waals surface area contributed by atoms with Crippen molar-refractivity contribution in [1.29, 1.82) is 0 Å². The summed E-state index contributed by atoms with van der Waals surface area (Å²) in [6, 6.07) is 5.75. The number of aryl methyl sites for hydroxylation is 1. The first-order valence-corrected chi connectivity index (χ1v) is 5.09. The van der Waals surface area contributed by atoms with Crippen LogP contribution in [0.25, 0.3) is 10.8 Å². The highest BCUT2D eigenvalue weighted by Crippen LogP contribution is 2.22. The van der Waals surface area contributed by atoms with E-state index in [1.807, 2.05) is 25.1 Å². The van der Waals surface area contributed by atoms with Crippen LogP contribution in [0.5, 0.6) is 0 Å². The Bertz CT molecular complexity index is 543. The standard InChI is InChI=1S/C12H14N2O/c1-3-13-11-5-4-10-9(8(11)2)6-7-14-12(10)15/h4-7,13H,3H2,1-2H3,(H,14,15). The number of hydrogen-bond donors (Lipinski definition) is 2. The summed E-state index contributed by atoms with van der Waals surface area (Å²) < 4.78 is 0. The fraction of sp³-hybridized carbons (Fsp3) is 0.250. The summed E-state index contributed by atoms with van der Waals surface area (Å²) in [5, 5.41) is 5.03. The Labute approximate surface area is 88.1 Å². The van der Waals surface area contributed by atoms with Crippen LogP contribution in [0.2, 0.25) is 0 Å². The van der Waals surface area contributed by atoms with Crippen molar-refractivity contribution in [2.45, 2.75) is 13.8 Å². The molecular weight excluding hydrogens is 188 g/mol. The number of pyridine rings is 1. The van der Waals surface area contributed by atoms with Crippen molar-refractivity contribution in [3.05, 3.63) is 40.3 Å².